The molecule has 1 aromatic carbocycles. The lowest BCUT2D eigenvalue weighted by molar-refractivity contribution is -0.143. The molecule has 7 atom stereocenters. The van der Waals surface area contributed by atoms with Gasteiger partial charge in [-0.2, -0.15) is 0 Å². The van der Waals surface area contributed by atoms with Gasteiger partial charge < -0.3 is 70.3 Å². The lowest BCUT2D eigenvalue weighted by atomic mass is 9.79. The van der Waals surface area contributed by atoms with E-state index in [1.807, 2.05) is 39.6 Å². The van der Waals surface area contributed by atoms with Crippen molar-refractivity contribution in [2.75, 3.05) is 99.2 Å². The van der Waals surface area contributed by atoms with E-state index in [1.54, 1.807) is 32.2 Å². The Balaban J connectivity index is 1.18. The molecule has 0 spiro atoms. The second-order valence-electron chi connectivity index (χ2n) is 23.3. The van der Waals surface area contributed by atoms with E-state index >= 15 is 0 Å². The van der Waals surface area contributed by atoms with Crippen LogP contribution in [0.1, 0.15) is 152 Å². The monoisotopic (exact) mass is 1260 g/mol. The molecule has 1 unspecified atom stereocenters. The molecule has 1 saturated heterocycles. The Kier molecular flexibility index (Phi) is 32.4. The summed E-state index contributed by atoms with van der Waals surface area (Å²) in [5, 5.41) is 28.4. The van der Waals surface area contributed by atoms with Gasteiger partial charge in [-0.05, 0) is 108 Å². The van der Waals surface area contributed by atoms with E-state index in [0.29, 0.717) is 49.4 Å². The first kappa shape index (κ1) is 73.7. The average Bonchev–Trinajstić information content (AvgIpc) is 1.26. The predicted octanol–water partition coefficient (Wildman–Crippen LogP) is 3.49. The van der Waals surface area contributed by atoms with Crippen LogP contribution < -0.4 is 42.8 Å². The molecule has 1 aromatic heterocycles. The van der Waals surface area contributed by atoms with Gasteiger partial charge in [-0.3, -0.25) is 43.9 Å². The summed E-state index contributed by atoms with van der Waals surface area (Å²) in [6, 6.07) is 2.88. The van der Waals surface area contributed by atoms with Crippen LogP contribution in [0, 0.1) is 11.8 Å². The van der Waals surface area contributed by atoms with Crippen LogP contribution in [0.2, 0.25) is 0 Å². The van der Waals surface area contributed by atoms with Crippen molar-refractivity contribution in [3.63, 3.8) is 0 Å². The number of alkyl carbamates (subject to hydrolysis) is 1. The smallest absolute Gasteiger partial charge is 0.426 e. The van der Waals surface area contributed by atoms with Gasteiger partial charge in [-0.1, -0.05) is 60.5 Å². The highest BCUT2D eigenvalue weighted by atomic mass is 32.1. The zero-order chi connectivity index (χ0) is 64.8. The second kappa shape index (κ2) is 38.6. The number of nitrogens with zero attached hydrogens (tertiary/aromatic N) is 3. The summed E-state index contributed by atoms with van der Waals surface area (Å²) in [5.74, 6) is -4.01. The molecule has 9 N–H and O–H groups in total. The van der Waals surface area contributed by atoms with Crippen LogP contribution >= 0.6 is 11.3 Å². The molecular formula is C60H97N11O16S. The van der Waals surface area contributed by atoms with Gasteiger partial charge in [0.25, 0.3) is 5.91 Å². The Morgan fingerprint density at radius 2 is 1.43 bits per heavy atom. The number of benzene rings is 1. The summed E-state index contributed by atoms with van der Waals surface area (Å²) in [4.78, 5) is 125. The number of rotatable bonds is 36. The molecule has 2 aromatic rings. The number of phenols is 1. The largest absolute Gasteiger partial charge is 0.508 e. The topological polar surface area (TPSA) is 345 Å². The molecule has 88 heavy (non-hydrogen) atoms. The van der Waals surface area contributed by atoms with Crippen molar-refractivity contribution in [2.24, 2.45) is 11.8 Å². The van der Waals surface area contributed by atoms with Gasteiger partial charge in [0.05, 0.1) is 64.7 Å². The van der Waals surface area contributed by atoms with Gasteiger partial charge in [0, 0.05) is 43.6 Å². The van der Waals surface area contributed by atoms with Gasteiger partial charge in [-0.15, -0.1) is 11.3 Å². The van der Waals surface area contributed by atoms with E-state index in [9.17, 15) is 48.3 Å². The maximum atomic E-state index is 14.8. The molecule has 4 rings (SSSR count). The standard InChI is InChI=1S/C60H97N11O16S/c1-11-20-71(57(79)52(39(6)13-3)67-55(78)46-16-14-15-21-70(46)10)47(38(4)5)33-48(85-22-12-2)56-66-45(37-88-56)54(77)65-41-30-40-17-18-42(72)32-43(40)44(31-41)53(76)68-69-59(81)86-29-28-84-27-26-83-25-24-82-23-19-61-49(73)34-62-50(74)35-63-51(75)36-64-58(80)87-60(7,8)9/h17-18,32,37-39,41,44,46-48,52,72H,11-16,19-31,33-36H2,1-10H3,(H,61,73)(H,62,74)(H,63,75)(H,64,80)(H,65,77)(H,67,78)(H,68,76)(H,69,81)/t39-,41?,44+,46+,47+,48+,52-/m0/s1. The minimum atomic E-state index is -0.942. The van der Waals surface area contributed by atoms with Crippen molar-refractivity contribution < 1.29 is 76.7 Å². The highest BCUT2D eigenvalue weighted by molar-refractivity contribution is 7.09. The Labute approximate surface area is 521 Å². The summed E-state index contributed by atoms with van der Waals surface area (Å²) in [7, 11) is 1.96. The third-order valence-electron chi connectivity index (χ3n) is 14.7. The van der Waals surface area contributed by atoms with Gasteiger partial charge in [0.15, 0.2) is 0 Å². The number of hydrazine groups is 1. The molecule has 9 amide bonds. The number of aromatic hydroxyl groups is 1. The van der Waals surface area contributed by atoms with E-state index in [-0.39, 0.29) is 119 Å². The summed E-state index contributed by atoms with van der Waals surface area (Å²) < 4.78 is 33.0. The molecule has 2 aliphatic rings. The van der Waals surface area contributed by atoms with E-state index in [0.717, 1.165) is 37.8 Å². The fourth-order valence-electron chi connectivity index (χ4n) is 9.93. The third-order valence-corrected chi connectivity index (χ3v) is 15.6. The van der Waals surface area contributed by atoms with Crippen molar-refractivity contribution in [3.8, 4) is 5.75 Å². The number of carbonyl (C=O) groups excluding carboxylic acids is 9. The number of hydrogen-bond donors (Lipinski definition) is 9. The number of likely N-dealkylation sites (N-methyl/N-ethyl adjacent to an activating group) is 1. The van der Waals surface area contributed by atoms with Gasteiger partial charge >= 0.3 is 12.2 Å². The maximum Gasteiger partial charge on any atom is 0.426 e. The highest BCUT2D eigenvalue weighted by Gasteiger charge is 2.39. The number of amides is 9. The molecule has 1 fully saturated rings. The van der Waals surface area contributed by atoms with Crippen LogP contribution in [0.4, 0.5) is 9.59 Å². The first-order valence-electron chi connectivity index (χ1n) is 30.7. The molecule has 1 aliphatic carbocycles. The predicted molar refractivity (Wildman–Crippen MR) is 327 cm³/mol. The van der Waals surface area contributed by atoms with Crippen molar-refractivity contribution in [2.45, 2.75) is 162 Å². The molecule has 1 aliphatic heterocycles. The zero-order valence-corrected chi connectivity index (χ0v) is 53.8. The summed E-state index contributed by atoms with van der Waals surface area (Å²) in [6.07, 6.45) is 3.52. The molecule has 0 radical (unpaired) electrons. The number of thiazole rings is 1. The summed E-state index contributed by atoms with van der Waals surface area (Å²) in [5.41, 5.74) is 5.36. The SMILES string of the molecule is CCCO[C@H](C[C@H](C(C)C)N(CCC)C(=O)[C@@H](NC(=O)[C@H]1CCCCN1C)[C@@H](C)CC)c1nc(C(=O)NC2Cc3ccc(O)cc3[C@H](C(=O)NNC(=O)OCCOCCOCCOCCNC(=O)CNC(=O)CNC(=O)CNC(=O)OC(C)(C)C)C2)cs1. The van der Waals surface area contributed by atoms with Crippen LogP contribution in [0.25, 0.3) is 0 Å². The van der Waals surface area contributed by atoms with Crippen molar-refractivity contribution in [3.05, 3.63) is 45.4 Å². The van der Waals surface area contributed by atoms with Gasteiger partial charge in [-0.25, -0.2) is 20.0 Å². The quantitative estimate of drug-likeness (QED) is 0.0348. The number of carbonyl (C=O) groups is 9. The van der Waals surface area contributed by atoms with Crippen molar-refractivity contribution in [1.82, 2.24) is 57.5 Å². The number of likely N-dealkylation sites (tertiary alicyclic amines) is 1. The number of phenolic OH excluding ortho intramolecular Hbond substituents is 1. The molecule has 27 nitrogen and oxygen atoms in total. The van der Waals surface area contributed by atoms with E-state index in [4.69, 9.17) is 33.4 Å². The Morgan fingerprint density at radius 1 is 0.784 bits per heavy atom. The molecule has 0 bridgehead atoms. The highest BCUT2D eigenvalue weighted by Crippen LogP contribution is 2.36. The lowest BCUT2D eigenvalue weighted by Gasteiger charge is -2.40. The van der Waals surface area contributed by atoms with E-state index in [1.165, 1.54) is 23.5 Å². The fraction of sp³-hybridized carbons (Fsp3) is 0.700. The van der Waals surface area contributed by atoms with Crippen LogP contribution in [0.5, 0.6) is 5.75 Å². The minimum Gasteiger partial charge on any atom is -0.508 e. The summed E-state index contributed by atoms with van der Waals surface area (Å²) in [6.45, 7) is 19.0. The first-order valence-corrected chi connectivity index (χ1v) is 31.6. The van der Waals surface area contributed by atoms with E-state index in [2.05, 4.69) is 61.5 Å². The van der Waals surface area contributed by atoms with Gasteiger partial charge in [0.1, 0.15) is 47.3 Å². The third kappa shape index (κ3) is 26.2. The number of piperidine rings is 1. The van der Waals surface area contributed by atoms with E-state index < -0.39 is 78.0 Å². The average molecular weight is 1260 g/mol. The number of hydrogen-bond acceptors (Lipinski definition) is 19. The minimum absolute atomic E-state index is 0.00871. The molecule has 0 saturated carbocycles. The van der Waals surface area contributed by atoms with Crippen LogP contribution in [-0.4, -0.2) is 202 Å². The maximum absolute atomic E-state index is 14.8. The zero-order valence-electron chi connectivity index (χ0n) is 53.0. The number of nitrogens with one attached hydrogen (secondary N) is 8. The molecule has 494 valence electrons. The first-order chi connectivity index (χ1) is 41.9. The Bertz CT molecular complexity index is 2570. The summed E-state index contributed by atoms with van der Waals surface area (Å²) >= 11 is 1.30. The Morgan fingerprint density at radius 3 is 2.06 bits per heavy atom. The van der Waals surface area contributed by atoms with Gasteiger partial charge in [0.2, 0.25) is 35.4 Å². The van der Waals surface area contributed by atoms with Crippen molar-refractivity contribution >= 4 is 64.9 Å². The molecule has 28 heteroatoms. The second-order valence-corrected chi connectivity index (χ2v) is 24.2. The Hall–Kier alpha value is -6.72. The lowest BCUT2D eigenvalue weighted by Crippen LogP contribution is -2.58. The molecular weight excluding hydrogens is 1160 g/mol. The normalized spacial score (nSPS) is 17.2. The van der Waals surface area contributed by atoms with Crippen LogP contribution in [0.3, 0.4) is 0 Å². The number of aromatic nitrogens is 1. The van der Waals surface area contributed by atoms with Crippen LogP contribution in [-0.2, 0) is 63.6 Å². The number of ether oxygens (including phenoxy) is 6. The van der Waals surface area contributed by atoms with Crippen molar-refractivity contribution in [1.29, 1.82) is 0 Å². The molecule has 2 heterocycles. The number of fused-ring (bicyclic) bond motifs is 1. The fourth-order valence-corrected chi connectivity index (χ4v) is 10.8. The van der Waals surface area contributed by atoms with Crippen LogP contribution in [0.15, 0.2) is 23.6 Å².